The Morgan fingerprint density at radius 2 is 2.28 bits per heavy atom. The minimum absolute atomic E-state index is 0.0544. The van der Waals surface area contributed by atoms with Gasteiger partial charge < -0.3 is 14.9 Å². The molecule has 0 aliphatic carbocycles. The van der Waals surface area contributed by atoms with Gasteiger partial charge in [-0.2, -0.15) is 0 Å². The molecular weight excluding hydrogens is 314 g/mol. The molecule has 1 amide bonds. The van der Waals surface area contributed by atoms with Crippen molar-refractivity contribution in [3.05, 3.63) is 54.2 Å². The highest BCUT2D eigenvalue weighted by Crippen LogP contribution is 2.25. The second-order valence-corrected chi connectivity index (χ2v) is 7.00. The van der Waals surface area contributed by atoms with Crippen LogP contribution in [0.15, 0.2) is 43.0 Å². The number of imidazole rings is 1. The molecule has 1 aromatic carbocycles. The molecular formula is C19H23N5O. The van der Waals surface area contributed by atoms with E-state index in [9.17, 15) is 4.79 Å². The molecule has 6 nitrogen and oxygen atoms in total. The van der Waals surface area contributed by atoms with E-state index in [1.807, 2.05) is 30.8 Å². The van der Waals surface area contributed by atoms with Crippen LogP contribution in [0.5, 0.6) is 0 Å². The number of aromatic amines is 1. The molecule has 1 aliphatic rings. The molecule has 0 fully saturated rings. The number of H-pyrrole nitrogens is 1. The van der Waals surface area contributed by atoms with Gasteiger partial charge in [0.2, 0.25) is 5.91 Å². The van der Waals surface area contributed by atoms with Gasteiger partial charge in [0.15, 0.2) is 0 Å². The molecule has 1 aliphatic heterocycles. The number of carbonyl (C=O) groups is 1. The van der Waals surface area contributed by atoms with Crippen molar-refractivity contribution in [2.24, 2.45) is 0 Å². The predicted molar refractivity (Wildman–Crippen MR) is 97.0 cm³/mol. The summed E-state index contributed by atoms with van der Waals surface area (Å²) in [6.07, 6.45) is 5.60. The zero-order chi connectivity index (χ0) is 17.4. The maximum absolute atomic E-state index is 12.6. The molecule has 0 bridgehead atoms. The molecule has 3 aromatic rings. The smallest absolute Gasteiger partial charge is 0.244 e. The number of hydrogen-bond acceptors (Lipinski definition) is 3. The molecule has 6 heteroatoms. The fraction of sp³-hybridized carbons (Fsp3) is 0.368. The van der Waals surface area contributed by atoms with Crippen molar-refractivity contribution in [1.82, 2.24) is 24.8 Å². The molecule has 0 unspecified atom stereocenters. The van der Waals surface area contributed by atoms with E-state index in [2.05, 4.69) is 44.5 Å². The summed E-state index contributed by atoms with van der Waals surface area (Å²) in [4.78, 5) is 22.5. The third kappa shape index (κ3) is 3.05. The van der Waals surface area contributed by atoms with Crippen molar-refractivity contribution >= 4 is 16.8 Å². The summed E-state index contributed by atoms with van der Waals surface area (Å²) >= 11 is 0. The number of hydrogen-bond donors (Lipinski definition) is 2. The van der Waals surface area contributed by atoms with Crippen molar-refractivity contribution < 1.29 is 4.79 Å². The number of rotatable bonds is 4. The summed E-state index contributed by atoms with van der Waals surface area (Å²) in [5.41, 5.74) is 3.50. The lowest BCUT2D eigenvalue weighted by Gasteiger charge is -2.34. The fourth-order valence-electron chi connectivity index (χ4n) is 3.60. The van der Waals surface area contributed by atoms with Crippen molar-refractivity contribution in [3.8, 4) is 0 Å². The Morgan fingerprint density at radius 1 is 1.40 bits per heavy atom. The van der Waals surface area contributed by atoms with E-state index in [1.165, 1.54) is 10.9 Å². The Bertz CT molecular complexity index is 894. The lowest BCUT2D eigenvalue weighted by molar-refractivity contribution is -0.126. The van der Waals surface area contributed by atoms with Crippen LogP contribution < -0.4 is 5.32 Å². The van der Waals surface area contributed by atoms with Gasteiger partial charge in [-0.3, -0.25) is 9.69 Å². The number of amides is 1. The first kappa shape index (κ1) is 15.9. The van der Waals surface area contributed by atoms with Gasteiger partial charge in [0.1, 0.15) is 6.04 Å². The van der Waals surface area contributed by atoms with Gasteiger partial charge in [-0.1, -0.05) is 12.1 Å². The molecule has 0 radical (unpaired) electrons. The second kappa shape index (κ2) is 6.37. The normalized spacial score (nSPS) is 17.8. The van der Waals surface area contributed by atoms with Crippen molar-refractivity contribution in [2.45, 2.75) is 39.0 Å². The highest BCUT2D eigenvalue weighted by molar-refractivity contribution is 5.83. The van der Waals surface area contributed by atoms with E-state index < -0.39 is 0 Å². The van der Waals surface area contributed by atoms with Gasteiger partial charge in [-0.15, -0.1) is 0 Å². The van der Waals surface area contributed by atoms with E-state index in [4.69, 9.17) is 0 Å². The SMILES string of the molecule is CC(C)NC(=O)[C@H]1CN(Cc2cccc3[nH]ccc23)Cc2cncn21. The number of benzene rings is 1. The zero-order valence-corrected chi connectivity index (χ0v) is 14.6. The average Bonchev–Trinajstić information content (AvgIpc) is 3.22. The monoisotopic (exact) mass is 337 g/mol. The van der Waals surface area contributed by atoms with Crippen molar-refractivity contribution in [2.75, 3.05) is 6.54 Å². The van der Waals surface area contributed by atoms with E-state index in [1.54, 1.807) is 6.33 Å². The van der Waals surface area contributed by atoms with E-state index in [0.717, 1.165) is 24.3 Å². The Hall–Kier alpha value is -2.60. The lowest BCUT2D eigenvalue weighted by Crippen LogP contribution is -2.45. The van der Waals surface area contributed by atoms with Crippen LogP contribution in [0.1, 0.15) is 31.1 Å². The fourth-order valence-corrected chi connectivity index (χ4v) is 3.60. The van der Waals surface area contributed by atoms with Crippen LogP contribution in [0, 0.1) is 0 Å². The molecule has 0 saturated heterocycles. The van der Waals surface area contributed by atoms with Gasteiger partial charge in [0, 0.05) is 49.0 Å². The van der Waals surface area contributed by atoms with Crippen LogP contribution in [0.2, 0.25) is 0 Å². The molecule has 1 atom stereocenters. The summed E-state index contributed by atoms with van der Waals surface area (Å²) in [6.45, 7) is 6.26. The summed E-state index contributed by atoms with van der Waals surface area (Å²) in [5.74, 6) is 0.0544. The first-order chi connectivity index (χ1) is 12.1. The van der Waals surface area contributed by atoms with Crippen LogP contribution in [0.3, 0.4) is 0 Å². The van der Waals surface area contributed by atoms with Gasteiger partial charge in [-0.05, 0) is 31.5 Å². The van der Waals surface area contributed by atoms with Gasteiger partial charge in [-0.25, -0.2) is 4.98 Å². The Morgan fingerprint density at radius 3 is 3.12 bits per heavy atom. The molecule has 3 heterocycles. The first-order valence-corrected chi connectivity index (χ1v) is 8.70. The van der Waals surface area contributed by atoms with Crippen molar-refractivity contribution in [3.63, 3.8) is 0 Å². The molecule has 2 aromatic heterocycles. The number of fused-ring (bicyclic) bond motifs is 2. The second-order valence-electron chi connectivity index (χ2n) is 7.00. The standard InChI is InChI=1S/C19H23N5O/c1-13(2)22-19(25)18-11-23(10-15-8-20-12-24(15)18)9-14-4-3-5-17-16(14)6-7-21-17/h3-8,12-13,18,21H,9-11H2,1-2H3,(H,22,25)/t18-/m1/s1. The van der Waals surface area contributed by atoms with Crippen LogP contribution >= 0.6 is 0 Å². The number of aromatic nitrogens is 3. The third-order valence-corrected chi connectivity index (χ3v) is 4.71. The van der Waals surface area contributed by atoms with E-state index in [0.29, 0.717) is 6.54 Å². The molecule has 25 heavy (non-hydrogen) atoms. The third-order valence-electron chi connectivity index (χ3n) is 4.71. The average molecular weight is 337 g/mol. The minimum atomic E-state index is -0.237. The molecule has 130 valence electrons. The number of carbonyl (C=O) groups excluding carboxylic acids is 1. The van der Waals surface area contributed by atoms with Crippen LogP contribution in [0.25, 0.3) is 10.9 Å². The summed E-state index contributed by atoms with van der Waals surface area (Å²) < 4.78 is 2.01. The summed E-state index contributed by atoms with van der Waals surface area (Å²) in [5, 5.41) is 4.27. The van der Waals surface area contributed by atoms with Crippen LogP contribution in [0.4, 0.5) is 0 Å². The maximum Gasteiger partial charge on any atom is 0.244 e. The highest BCUT2D eigenvalue weighted by atomic mass is 16.2. The number of nitrogens with zero attached hydrogens (tertiary/aromatic N) is 3. The van der Waals surface area contributed by atoms with Gasteiger partial charge in [0.05, 0.1) is 12.0 Å². The maximum atomic E-state index is 12.6. The molecule has 0 saturated carbocycles. The molecule has 4 rings (SSSR count). The topological polar surface area (TPSA) is 66.0 Å². The van der Waals surface area contributed by atoms with Crippen molar-refractivity contribution in [1.29, 1.82) is 0 Å². The Kier molecular flexibility index (Phi) is 4.05. The first-order valence-electron chi connectivity index (χ1n) is 8.70. The largest absolute Gasteiger partial charge is 0.361 e. The van der Waals surface area contributed by atoms with Crippen LogP contribution in [-0.4, -0.2) is 37.9 Å². The quantitative estimate of drug-likeness (QED) is 0.768. The Labute approximate surface area is 146 Å². The molecule has 0 spiro atoms. The van der Waals surface area contributed by atoms with Crippen LogP contribution in [-0.2, 0) is 17.9 Å². The lowest BCUT2D eigenvalue weighted by atomic mass is 10.1. The summed E-state index contributed by atoms with van der Waals surface area (Å²) in [7, 11) is 0. The molecule has 2 N–H and O–H groups in total. The van der Waals surface area contributed by atoms with E-state index in [-0.39, 0.29) is 18.0 Å². The van der Waals surface area contributed by atoms with Gasteiger partial charge >= 0.3 is 0 Å². The van der Waals surface area contributed by atoms with Gasteiger partial charge in [0.25, 0.3) is 0 Å². The minimum Gasteiger partial charge on any atom is -0.361 e. The number of nitrogens with one attached hydrogen (secondary N) is 2. The predicted octanol–water partition coefficient (Wildman–Crippen LogP) is 2.45. The zero-order valence-electron chi connectivity index (χ0n) is 14.6. The van der Waals surface area contributed by atoms with E-state index >= 15 is 0 Å². The summed E-state index contributed by atoms with van der Waals surface area (Å²) in [6, 6.07) is 8.32. The Balaban J connectivity index is 1.59. The highest BCUT2D eigenvalue weighted by Gasteiger charge is 2.30.